The van der Waals surface area contributed by atoms with E-state index in [1.807, 2.05) is 13.0 Å². The molecule has 0 N–H and O–H groups in total. The smallest absolute Gasteiger partial charge is 0.231 e. The van der Waals surface area contributed by atoms with Crippen LogP contribution in [0.3, 0.4) is 0 Å². The molecule has 5 heteroatoms. The molecule has 1 aliphatic carbocycles. The van der Waals surface area contributed by atoms with Gasteiger partial charge in [0.2, 0.25) is 11.8 Å². The molecule has 1 saturated heterocycles. The van der Waals surface area contributed by atoms with Crippen molar-refractivity contribution in [3.05, 3.63) is 47.6 Å². The molecule has 2 heterocycles. The first-order valence-corrected chi connectivity index (χ1v) is 9.30. The van der Waals surface area contributed by atoms with E-state index in [-0.39, 0.29) is 11.3 Å². The van der Waals surface area contributed by atoms with Gasteiger partial charge in [0.15, 0.2) is 5.82 Å². The van der Waals surface area contributed by atoms with Crippen molar-refractivity contribution in [3.8, 4) is 0 Å². The molecule has 2 fully saturated rings. The van der Waals surface area contributed by atoms with Gasteiger partial charge in [-0.1, -0.05) is 41.9 Å². The molecule has 0 spiro atoms. The lowest BCUT2D eigenvalue weighted by atomic mass is 9.64. The molecule has 1 aromatic heterocycles. The maximum absolute atomic E-state index is 13.3. The highest BCUT2D eigenvalue weighted by molar-refractivity contribution is 5.84. The monoisotopic (exact) mass is 339 g/mol. The van der Waals surface area contributed by atoms with E-state index < -0.39 is 0 Å². The van der Waals surface area contributed by atoms with E-state index in [0.717, 1.165) is 45.1 Å². The quantitative estimate of drug-likeness (QED) is 0.855. The van der Waals surface area contributed by atoms with Crippen LogP contribution in [0.15, 0.2) is 34.9 Å². The Labute approximate surface area is 148 Å². The van der Waals surface area contributed by atoms with Gasteiger partial charge in [-0.05, 0) is 44.6 Å². The first kappa shape index (κ1) is 16.3. The maximum Gasteiger partial charge on any atom is 0.231 e. The third-order valence-electron chi connectivity index (χ3n) is 5.75. The summed E-state index contributed by atoms with van der Waals surface area (Å²) >= 11 is 0. The Balaban J connectivity index is 1.49. The van der Waals surface area contributed by atoms with Crippen molar-refractivity contribution in [1.29, 1.82) is 0 Å². The second kappa shape index (κ2) is 6.62. The summed E-state index contributed by atoms with van der Waals surface area (Å²) in [6, 6.07) is 10.4. The van der Waals surface area contributed by atoms with Crippen LogP contribution >= 0.6 is 0 Å². The lowest BCUT2D eigenvalue weighted by molar-refractivity contribution is -0.149. The van der Waals surface area contributed by atoms with Gasteiger partial charge in [0.05, 0.1) is 11.3 Å². The molecule has 2 aromatic rings. The molecular formula is C20H25N3O2. The molecule has 0 unspecified atom stereocenters. The highest BCUT2D eigenvalue weighted by Crippen LogP contribution is 2.46. The van der Waals surface area contributed by atoms with Crippen molar-refractivity contribution in [2.75, 3.05) is 13.1 Å². The van der Waals surface area contributed by atoms with Crippen molar-refractivity contribution < 1.29 is 9.32 Å². The normalized spacial score (nSPS) is 22.4. The number of aryl methyl sites for hydroxylation is 1. The first-order chi connectivity index (χ1) is 12.2. The molecule has 1 aromatic carbocycles. The largest absolute Gasteiger partial charge is 0.341 e. The van der Waals surface area contributed by atoms with E-state index in [1.165, 1.54) is 5.56 Å². The Morgan fingerprint density at radius 3 is 2.72 bits per heavy atom. The van der Waals surface area contributed by atoms with Gasteiger partial charge < -0.3 is 9.42 Å². The minimum atomic E-state index is -0.200. The van der Waals surface area contributed by atoms with Crippen LogP contribution in [0.1, 0.15) is 55.3 Å². The van der Waals surface area contributed by atoms with Crippen LogP contribution in [0.25, 0.3) is 0 Å². The number of carbonyl (C=O) groups is 1. The predicted octanol–water partition coefficient (Wildman–Crippen LogP) is 3.50. The molecule has 4 rings (SSSR count). The van der Waals surface area contributed by atoms with Gasteiger partial charge in [-0.3, -0.25) is 4.79 Å². The fourth-order valence-electron chi connectivity index (χ4n) is 4.23. The van der Waals surface area contributed by atoms with Crippen LogP contribution in [0, 0.1) is 12.3 Å². The van der Waals surface area contributed by atoms with Gasteiger partial charge in [0.25, 0.3) is 0 Å². The second-order valence-corrected chi connectivity index (χ2v) is 7.57. The average molecular weight is 339 g/mol. The molecular weight excluding hydrogens is 314 g/mol. The summed E-state index contributed by atoms with van der Waals surface area (Å²) in [6.07, 6.45) is 6.02. The van der Waals surface area contributed by atoms with Crippen molar-refractivity contribution in [1.82, 2.24) is 15.0 Å². The molecule has 2 aliphatic rings. The number of hydrogen-bond donors (Lipinski definition) is 0. The molecule has 1 aliphatic heterocycles. The van der Waals surface area contributed by atoms with Crippen LogP contribution in [-0.2, 0) is 11.2 Å². The summed E-state index contributed by atoms with van der Waals surface area (Å²) in [5, 5.41) is 3.90. The number of amides is 1. The average Bonchev–Trinajstić information content (AvgIpc) is 3.05. The SMILES string of the molecule is Cc1noc([C@@H]2CCCN(C(=O)C3(Cc4ccccc4)CCC3)C2)n1. The summed E-state index contributed by atoms with van der Waals surface area (Å²) in [5.74, 6) is 1.84. The standard InChI is InChI=1S/C20H25N3O2/c1-15-21-18(25-22-15)17-9-5-12-23(14-17)19(24)20(10-6-11-20)13-16-7-3-2-4-8-16/h2-4,7-8,17H,5-6,9-14H2,1H3/t17-/m1/s1. The number of benzene rings is 1. The lowest BCUT2D eigenvalue weighted by Crippen LogP contribution is -2.51. The van der Waals surface area contributed by atoms with Crippen LogP contribution in [0.2, 0.25) is 0 Å². The van der Waals surface area contributed by atoms with Crippen molar-refractivity contribution in [3.63, 3.8) is 0 Å². The van der Waals surface area contributed by atoms with E-state index in [4.69, 9.17) is 4.52 Å². The number of aromatic nitrogens is 2. The first-order valence-electron chi connectivity index (χ1n) is 9.30. The minimum Gasteiger partial charge on any atom is -0.341 e. The molecule has 1 amide bonds. The fraction of sp³-hybridized carbons (Fsp3) is 0.550. The van der Waals surface area contributed by atoms with Crippen LogP contribution < -0.4 is 0 Å². The Kier molecular flexibility index (Phi) is 4.32. The Morgan fingerprint density at radius 1 is 1.28 bits per heavy atom. The van der Waals surface area contributed by atoms with Crippen molar-refractivity contribution in [2.24, 2.45) is 5.41 Å². The zero-order chi connectivity index (χ0) is 17.3. The van der Waals surface area contributed by atoms with E-state index in [0.29, 0.717) is 24.2 Å². The van der Waals surface area contributed by atoms with Crippen LogP contribution in [0.5, 0.6) is 0 Å². The zero-order valence-corrected chi connectivity index (χ0v) is 14.8. The maximum atomic E-state index is 13.3. The van der Waals surface area contributed by atoms with E-state index >= 15 is 0 Å². The highest BCUT2D eigenvalue weighted by Gasteiger charge is 2.47. The number of nitrogens with zero attached hydrogens (tertiary/aromatic N) is 3. The molecule has 5 nitrogen and oxygen atoms in total. The second-order valence-electron chi connectivity index (χ2n) is 7.57. The lowest BCUT2D eigenvalue weighted by Gasteiger charge is -2.45. The van der Waals surface area contributed by atoms with Crippen LogP contribution in [0.4, 0.5) is 0 Å². The van der Waals surface area contributed by atoms with Crippen molar-refractivity contribution >= 4 is 5.91 Å². The summed E-state index contributed by atoms with van der Waals surface area (Å²) < 4.78 is 5.35. The Bertz CT molecular complexity index is 736. The molecule has 0 bridgehead atoms. The number of carbonyl (C=O) groups excluding carboxylic acids is 1. The van der Waals surface area contributed by atoms with Crippen LogP contribution in [-0.4, -0.2) is 34.0 Å². The topological polar surface area (TPSA) is 59.2 Å². The molecule has 0 radical (unpaired) electrons. The fourth-order valence-corrected chi connectivity index (χ4v) is 4.23. The van der Waals surface area contributed by atoms with E-state index in [2.05, 4.69) is 39.3 Å². The van der Waals surface area contributed by atoms with E-state index in [9.17, 15) is 4.79 Å². The minimum absolute atomic E-state index is 0.174. The van der Waals surface area contributed by atoms with Gasteiger partial charge >= 0.3 is 0 Å². The number of piperidine rings is 1. The summed E-state index contributed by atoms with van der Waals surface area (Å²) in [5.41, 5.74) is 1.06. The van der Waals surface area contributed by atoms with Gasteiger partial charge in [0.1, 0.15) is 0 Å². The molecule has 132 valence electrons. The number of likely N-dealkylation sites (tertiary alicyclic amines) is 1. The van der Waals surface area contributed by atoms with Gasteiger partial charge in [-0.2, -0.15) is 4.98 Å². The summed E-state index contributed by atoms with van der Waals surface area (Å²) in [7, 11) is 0. The number of rotatable bonds is 4. The van der Waals surface area contributed by atoms with E-state index in [1.54, 1.807) is 0 Å². The van der Waals surface area contributed by atoms with Gasteiger partial charge in [-0.15, -0.1) is 0 Å². The molecule has 25 heavy (non-hydrogen) atoms. The third-order valence-corrected chi connectivity index (χ3v) is 5.75. The summed E-state index contributed by atoms with van der Waals surface area (Å²) in [4.78, 5) is 19.8. The molecule has 1 atom stereocenters. The van der Waals surface area contributed by atoms with Crippen molar-refractivity contribution in [2.45, 2.75) is 51.4 Å². The predicted molar refractivity (Wildman–Crippen MR) is 94.0 cm³/mol. The molecule has 1 saturated carbocycles. The Morgan fingerprint density at radius 2 is 2.08 bits per heavy atom. The third kappa shape index (κ3) is 3.20. The Hall–Kier alpha value is -2.17. The highest BCUT2D eigenvalue weighted by atomic mass is 16.5. The van der Waals surface area contributed by atoms with Gasteiger partial charge in [0, 0.05) is 13.1 Å². The zero-order valence-electron chi connectivity index (χ0n) is 14.8. The summed E-state index contributed by atoms with van der Waals surface area (Å²) in [6.45, 7) is 3.39. The van der Waals surface area contributed by atoms with Gasteiger partial charge in [-0.25, -0.2) is 0 Å². The number of hydrogen-bond acceptors (Lipinski definition) is 4.